The molecule has 1 aliphatic heterocycles. The van der Waals surface area contributed by atoms with Gasteiger partial charge in [0, 0.05) is 18.4 Å². The highest BCUT2D eigenvalue weighted by atomic mass is 19.2. The van der Waals surface area contributed by atoms with E-state index in [1.807, 2.05) is 24.0 Å². The van der Waals surface area contributed by atoms with E-state index in [0.717, 1.165) is 12.1 Å². The van der Waals surface area contributed by atoms with Crippen LogP contribution in [0.1, 0.15) is 46.2 Å². The van der Waals surface area contributed by atoms with Crippen molar-refractivity contribution in [3.05, 3.63) is 89.0 Å². The molecule has 2 unspecified atom stereocenters. The topological polar surface area (TPSA) is 93.6 Å². The highest BCUT2D eigenvalue weighted by molar-refractivity contribution is 5.95. The number of piperidine rings is 1. The molecule has 1 aromatic carbocycles. The van der Waals surface area contributed by atoms with Crippen LogP contribution in [-0.4, -0.2) is 42.8 Å². The number of esters is 1. The van der Waals surface area contributed by atoms with E-state index < -0.39 is 35.3 Å². The Bertz CT molecular complexity index is 1290. The van der Waals surface area contributed by atoms with Crippen molar-refractivity contribution in [1.29, 1.82) is 0 Å². The van der Waals surface area contributed by atoms with E-state index in [1.165, 1.54) is 38.7 Å². The third-order valence-electron chi connectivity index (χ3n) is 6.38. The molecule has 1 N–H and O–H groups in total. The number of pyridine rings is 2. The van der Waals surface area contributed by atoms with Gasteiger partial charge < -0.3 is 19.7 Å². The van der Waals surface area contributed by atoms with E-state index in [9.17, 15) is 18.4 Å². The van der Waals surface area contributed by atoms with Gasteiger partial charge in [-0.3, -0.25) is 9.97 Å². The van der Waals surface area contributed by atoms with Crippen LogP contribution in [0, 0.1) is 18.6 Å². The van der Waals surface area contributed by atoms with Gasteiger partial charge in [0.15, 0.2) is 11.6 Å². The Labute approximate surface area is 207 Å². The summed E-state index contributed by atoms with van der Waals surface area (Å²) < 4.78 is 38.5. The third kappa shape index (κ3) is 4.58. The lowest BCUT2D eigenvalue weighted by atomic mass is 9.74. The molecule has 0 saturated carbocycles. The number of nitrogens with one attached hydrogen (secondary N) is 1. The first-order valence-electron chi connectivity index (χ1n) is 11.3. The van der Waals surface area contributed by atoms with E-state index in [4.69, 9.17) is 14.5 Å². The minimum absolute atomic E-state index is 0.242. The predicted octanol–water partition coefficient (Wildman–Crippen LogP) is 4.44. The van der Waals surface area contributed by atoms with Gasteiger partial charge in [-0.15, -0.1) is 0 Å². The molecule has 2 atom stereocenters. The number of nitrogens with zero attached hydrogens (tertiary/aromatic N) is 3. The van der Waals surface area contributed by atoms with Gasteiger partial charge >= 0.3 is 12.1 Å². The number of carbonyl (C=O) groups is 2. The van der Waals surface area contributed by atoms with Gasteiger partial charge in [0.2, 0.25) is 0 Å². The molecule has 188 valence electrons. The Hall–Kier alpha value is -4.08. The highest BCUT2D eigenvalue weighted by Gasteiger charge is 2.50. The van der Waals surface area contributed by atoms with Crippen molar-refractivity contribution in [3.63, 3.8) is 0 Å². The number of aryl methyl sites for hydroxylation is 1. The second-order valence-corrected chi connectivity index (χ2v) is 8.51. The zero-order chi connectivity index (χ0) is 25.9. The Kier molecular flexibility index (Phi) is 7.14. The number of hydrogen-bond donors (Lipinski definition) is 1. The summed E-state index contributed by atoms with van der Waals surface area (Å²) in [5, 5.41) is 2.95. The van der Waals surface area contributed by atoms with Crippen LogP contribution in [0.5, 0.6) is 0 Å². The van der Waals surface area contributed by atoms with Crippen LogP contribution in [0.3, 0.4) is 0 Å². The van der Waals surface area contributed by atoms with Crippen LogP contribution in [0.15, 0.2) is 54.9 Å². The lowest BCUT2D eigenvalue weighted by molar-refractivity contribution is 0.0600. The van der Waals surface area contributed by atoms with Gasteiger partial charge in [-0.05, 0) is 55.7 Å². The fourth-order valence-corrected chi connectivity index (χ4v) is 4.85. The molecule has 8 nitrogen and oxygen atoms in total. The van der Waals surface area contributed by atoms with Crippen molar-refractivity contribution in [1.82, 2.24) is 15.3 Å². The summed E-state index contributed by atoms with van der Waals surface area (Å²) in [4.78, 5) is 36.1. The van der Waals surface area contributed by atoms with E-state index in [1.54, 1.807) is 6.07 Å². The molecule has 36 heavy (non-hydrogen) atoms. The third-order valence-corrected chi connectivity index (χ3v) is 6.38. The van der Waals surface area contributed by atoms with Gasteiger partial charge in [-0.25, -0.2) is 18.4 Å². The number of amides is 1. The zero-order valence-electron chi connectivity index (χ0n) is 20.1. The van der Waals surface area contributed by atoms with Crippen molar-refractivity contribution >= 4 is 17.7 Å². The quantitative estimate of drug-likeness (QED) is 0.522. The van der Waals surface area contributed by atoms with Crippen molar-refractivity contribution in [2.45, 2.75) is 31.3 Å². The molecule has 4 rings (SSSR count). The first kappa shape index (κ1) is 25.0. The van der Waals surface area contributed by atoms with Crippen LogP contribution in [-0.2, 0) is 15.0 Å². The maximum absolute atomic E-state index is 14.6. The predicted molar refractivity (Wildman–Crippen MR) is 127 cm³/mol. The highest BCUT2D eigenvalue weighted by Crippen LogP contribution is 2.48. The minimum atomic E-state index is -1.23. The number of anilines is 1. The number of methoxy groups -OCH3 is 2. The summed E-state index contributed by atoms with van der Waals surface area (Å²) in [6.07, 6.45) is 3.24. The molecular weight excluding hydrogens is 470 g/mol. The number of alkyl carbamates (subject to hydrolysis) is 1. The fourth-order valence-electron chi connectivity index (χ4n) is 4.85. The van der Waals surface area contributed by atoms with Crippen molar-refractivity contribution in [2.24, 2.45) is 0 Å². The molecule has 0 spiro atoms. The molecule has 3 heterocycles. The molecule has 0 radical (unpaired) electrons. The molecule has 0 aliphatic carbocycles. The number of rotatable bonds is 5. The molecular formula is C26H26F2N4O4. The Morgan fingerprint density at radius 3 is 2.61 bits per heavy atom. The molecule has 0 bridgehead atoms. The molecule has 3 aromatic rings. The van der Waals surface area contributed by atoms with Crippen molar-refractivity contribution in [2.75, 3.05) is 25.7 Å². The second-order valence-electron chi connectivity index (χ2n) is 8.51. The fraction of sp³-hybridized carbons (Fsp3) is 0.308. The lowest BCUT2D eigenvalue weighted by Crippen LogP contribution is -2.59. The monoisotopic (exact) mass is 496 g/mol. The van der Waals surface area contributed by atoms with Crippen LogP contribution in [0.25, 0.3) is 0 Å². The smallest absolute Gasteiger partial charge is 0.407 e. The number of carbonyl (C=O) groups excluding carboxylic acids is 2. The average molecular weight is 497 g/mol. The van der Waals surface area contributed by atoms with Crippen LogP contribution >= 0.6 is 0 Å². The minimum Gasteiger partial charge on any atom is -0.465 e. The van der Waals surface area contributed by atoms with E-state index >= 15 is 0 Å². The summed E-state index contributed by atoms with van der Waals surface area (Å²) in [6, 6.07) is 9.69. The van der Waals surface area contributed by atoms with Gasteiger partial charge in [-0.1, -0.05) is 12.1 Å². The first-order chi connectivity index (χ1) is 17.3. The molecule has 1 aliphatic rings. The Morgan fingerprint density at radius 1 is 1.11 bits per heavy atom. The average Bonchev–Trinajstić information content (AvgIpc) is 2.89. The summed E-state index contributed by atoms with van der Waals surface area (Å²) >= 11 is 0. The van der Waals surface area contributed by atoms with Gasteiger partial charge in [0.25, 0.3) is 0 Å². The number of hydrogen-bond acceptors (Lipinski definition) is 7. The van der Waals surface area contributed by atoms with Crippen LogP contribution < -0.4 is 10.2 Å². The zero-order valence-corrected chi connectivity index (χ0v) is 20.1. The number of benzene rings is 1. The van der Waals surface area contributed by atoms with E-state index in [0.29, 0.717) is 42.0 Å². The van der Waals surface area contributed by atoms with E-state index in [-0.39, 0.29) is 5.56 Å². The SMILES string of the molecule is COC(=O)NC1(c2cccc(C)n2)CCCN(c2cnccc2C(=O)OC)C1c1ccc(F)c(F)c1. The first-order valence-corrected chi connectivity index (χ1v) is 11.3. The van der Waals surface area contributed by atoms with E-state index in [2.05, 4.69) is 10.3 Å². The molecule has 1 amide bonds. The maximum Gasteiger partial charge on any atom is 0.407 e. The lowest BCUT2D eigenvalue weighted by Gasteiger charge is -2.51. The van der Waals surface area contributed by atoms with Crippen LogP contribution in [0.2, 0.25) is 0 Å². The second kappa shape index (κ2) is 10.3. The number of halogens is 2. The summed E-state index contributed by atoms with van der Waals surface area (Å²) in [7, 11) is 2.52. The number of ether oxygens (including phenoxy) is 2. The summed E-state index contributed by atoms with van der Waals surface area (Å²) in [5.41, 5.74) is 1.01. The van der Waals surface area contributed by atoms with Gasteiger partial charge in [0.05, 0.1) is 43.4 Å². The molecule has 2 aromatic heterocycles. The molecule has 1 fully saturated rings. The largest absolute Gasteiger partial charge is 0.465 e. The number of aromatic nitrogens is 2. The van der Waals surface area contributed by atoms with Crippen molar-refractivity contribution in [3.8, 4) is 0 Å². The standard InChI is InChI=1S/C26H26F2N4O4/c1-16-6-4-7-22(30-16)26(31-25(34)36-3)11-5-13-32(21-15-29-12-10-18(21)24(33)35-2)23(26)17-8-9-19(27)20(28)14-17/h4,6-10,12,14-15,23H,5,11,13H2,1-3H3,(H,31,34). The molecule has 1 saturated heterocycles. The summed E-state index contributed by atoms with van der Waals surface area (Å²) in [6.45, 7) is 2.24. The molecule has 10 heteroatoms. The normalized spacial score (nSPS) is 19.5. The van der Waals surface area contributed by atoms with Crippen LogP contribution in [0.4, 0.5) is 19.3 Å². The Morgan fingerprint density at radius 2 is 1.92 bits per heavy atom. The Balaban J connectivity index is 2.02. The van der Waals surface area contributed by atoms with Gasteiger partial charge in [-0.2, -0.15) is 0 Å². The van der Waals surface area contributed by atoms with Gasteiger partial charge in [0.1, 0.15) is 5.54 Å². The maximum atomic E-state index is 14.6. The summed E-state index contributed by atoms with van der Waals surface area (Å²) in [5.74, 6) is -2.62. The van der Waals surface area contributed by atoms with Crippen molar-refractivity contribution < 1.29 is 27.8 Å².